The van der Waals surface area contributed by atoms with Crippen molar-refractivity contribution >= 4 is 44.0 Å². The molecule has 31 heavy (non-hydrogen) atoms. The van der Waals surface area contributed by atoms with Gasteiger partial charge in [-0.1, -0.05) is 41.9 Å². The van der Waals surface area contributed by atoms with Gasteiger partial charge in [-0.3, -0.25) is 9.78 Å². The summed E-state index contributed by atoms with van der Waals surface area (Å²) in [6, 6.07) is 12.9. The summed E-state index contributed by atoms with van der Waals surface area (Å²) >= 11 is 6.20. The summed E-state index contributed by atoms with van der Waals surface area (Å²) in [6.45, 7) is 0.636. The van der Waals surface area contributed by atoms with E-state index in [1.807, 2.05) is 24.3 Å². The van der Waals surface area contributed by atoms with Gasteiger partial charge < -0.3 is 10.1 Å². The predicted molar refractivity (Wildman–Crippen MR) is 119 cm³/mol. The van der Waals surface area contributed by atoms with Crippen LogP contribution < -0.4 is 5.32 Å². The van der Waals surface area contributed by atoms with E-state index < -0.39 is 21.2 Å². The van der Waals surface area contributed by atoms with Gasteiger partial charge in [0, 0.05) is 35.1 Å². The lowest BCUT2D eigenvalue weighted by Gasteiger charge is -2.37. The van der Waals surface area contributed by atoms with Crippen LogP contribution in [0.4, 0.5) is 5.69 Å². The van der Waals surface area contributed by atoms with Gasteiger partial charge in [0.2, 0.25) is 15.9 Å². The minimum atomic E-state index is -3.57. The summed E-state index contributed by atoms with van der Waals surface area (Å²) in [5.74, 6) is -0.997. The monoisotopic (exact) mass is 457 g/mol. The van der Waals surface area contributed by atoms with Crippen molar-refractivity contribution in [3.05, 3.63) is 71.0 Å². The maximum absolute atomic E-state index is 13.4. The van der Waals surface area contributed by atoms with Crippen molar-refractivity contribution in [2.45, 2.75) is 17.7 Å². The Morgan fingerprint density at radius 2 is 1.97 bits per heavy atom. The summed E-state index contributed by atoms with van der Waals surface area (Å²) in [6.07, 6.45) is 3.33. The lowest BCUT2D eigenvalue weighted by molar-refractivity contribution is -0.118. The minimum Gasteiger partial charge on any atom is -0.378 e. The molecule has 1 N–H and O–H groups in total. The first-order valence-electron chi connectivity index (χ1n) is 9.92. The van der Waals surface area contributed by atoms with Crippen LogP contribution in [0, 0.1) is 0 Å². The number of rotatable bonds is 4. The van der Waals surface area contributed by atoms with E-state index in [0.29, 0.717) is 10.7 Å². The van der Waals surface area contributed by atoms with Crippen molar-refractivity contribution in [3.8, 4) is 0 Å². The highest BCUT2D eigenvalue weighted by Crippen LogP contribution is 2.35. The second kappa shape index (κ2) is 7.87. The number of ether oxygens (including phenoxy) is 1. The molecule has 3 aromatic rings. The Morgan fingerprint density at radius 3 is 2.74 bits per heavy atom. The van der Waals surface area contributed by atoms with Crippen molar-refractivity contribution in [2.75, 3.05) is 25.1 Å². The zero-order valence-corrected chi connectivity index (χ0v) is 18.1. The molecule has 1 amide bonds. The molecule has 1 aromatic heterocycles. The lowest BCUT2D eigenvalue weighted by atomic mass is 9.90. The van der Waals surface area contributed by atoms with E-state index in [1.165, 1.54) is 4.31 Å². The number of benzene rings is 2. The molecule has 0 saturated carbocycles. The molecule has 9 heteroatoms. The molecule has 7 nitrogen and oxygen atoms in total. The normalized spacial score (nSPS) is 19.6. The van der Waals surface area contributed by atoms with Crippen LogP contribution in [0.1, 0.15) is 17.0 Å². The second-order valence-electron chi connectivity index (χ2n) is 7.79. The van der Waals surface area contributed by atoms with E-state index in [4.69, 9.17) is 16.3 Å². The third-order valence-corrected chi connectivity index (χ3v) is 8.20. The van der Waals surface area contributed by atoms with E-state index in [1.54, 1.807) is 30.6 Å². The average molecular weight is 458 g/mol. The van der Waals surface area contributed by atoms with Gasteiger partial charge in [0.25, 0.3) is 0 Å². The van der Waals surface area contributed by atoms with Gasteiger partial charge in [0.05, 0.1) is 31.0 Å². The second-order valence-corrected chi connectivity index (χ2v) is 10.4. The fraction of sp³-hybridized carbons (Fsp3) is 0.273. The van der Waals surface area contributed by atoms with E-state index in [0.717, 1.165) is 21.9 Å². The van der Waals surface area contributed by atoms with E-state index in [-0.39, 0.29) is 32.2 Å². The fourth-order valence-corrected chi connectivity index (χ4v) is 5.86. The Kier molecular flexibility index (Phi) is 5.18. The minimum absolute atomic E-state index is 0.0518. The molecular weight excluding hydrogens is 438 g/mol. The first kappa shape index (κ1) is 20.4. The predicted octanol–water partition coefficient (Wildman–Crippen LogP) is 3.15. The number of nitrogens with zero attached hydrogens (tertiary/aromatic N) is 2. The van der Waals surface area contributed by atoms with Crippen LogP contribution in [0.5, 0.6) is 0 Å². The number of hydrogen-bond acceptors (Lipinski definition) is 5. The van der Waals surface area contributed by atoms with Gasteiger partial charge in [0.1, 0.15) is 5.25 Å². The molecular formula is C22H20ClN3O4S. The number of carbonyl (C=O) groups is 1. The Labute approximate surface area is 185 Å². The highest BCUT2D eigenvalue weighted by molar-refractivity contribution is 7.89. The van der Waals surface area contributed by atoms with Crippen molar-refractivity contribution in [3.63, 3.8) is 0 Å². The molecule has 1 atom stereocenters. The summed E-state index contributed by atoms with van der Waals surface area (Å²) < 4.78 is 32.5. The van der Waals surface area contributed by atoms with E-state index in [9.17, 15) is 13.2 Å². The SMILES string of the molecule is O=C(Nc1cncc2ccccc12)C1CN(S(=O)(=O)C2COC2)Cc2ccc(Cl)cc21. The Hall–Kier alpha value is -2.52. The molecule has 1 unspecified atom stereocenters. The lowest BCUT2D eigenvalue weighted by Crippen LogP contribution is -2.51. The molecule has 2 aromatic carbocycles. The zero-order valence-electron chi connectivity index (χ0n) is 16.5. The highest BCUT2D eigenvalue weighted by Gasteiger charge is 2.42. The van der Waals surface area contributed by atoms with Crippen LogP contribution in [0.25, 0.3) is 10.8 Å². The Bertz CT molecular complexity index is 1270. The smallest absolute Gasteiger partial charge is 0.233 e. The Morgan fingerprint density at radius 1 is 1.16 bits per heavy atom. The standard InChI is InChI=1S/C22H20ClN3O4S/c23-16-6-5-15-10-26(31(28,29)17-12-30-13-17)11-20(19(15)7-16)22(27)25-21-9-24-8-14-3-1-2-4-18(14)21/h1-9,17,20H,10-13H2,(H,25,27). The number of fused-ring (bicyclic) bond motifs is 2. The van der Waals surface area contributed by atoms with Crippen LogP contribution in [0.2, 0.25) is 5.02 Å². The van der Waals surface area contributed by atoms with E-state index in [2.05, 4.69) is 10.3 Å². The molecule has 1 fully saturated rings. The van der Waals surface area contributed by atoms with Crippen LogP contribution in [-0.2, 0) is 26.1 Å². The number of pyridine rings is 1. The van der Waals surface area contributed by atoms with Crippen LogP contribution >= 0.6 is 11.6 Å². The molecule has 2 aliphatic rings. The number of anilines is 1. The molecule has 3 heterocycles. The zero-order chi connectivity index (χ0) is 21.6. The topological polar surface area (TPSA) is 88.6 Å². The first-order chi connectivity index (χ1) is 14.9. The summed E-state index contributed by atoms with van der Waals surface area (Å²) in [4.78, 5) is 17.6. The number of carbonyl (C=O) groups excluding carboxylic acids is 1. The summed E-state index contributed by atoms with van der Waals surface area (Å²) in [5, 5.41) is 4.67. The van der Waals surface area contributed by atoms with Crippen LogP contribution in [0.3, 0.4) is 0 Å². The molecule has 5 rings (SSSR count). The molecule has 0 bridgehead atoms. The maximum atomic E-state index is 13.4. The molecule has 0 aliphatic carbocycles. The number of sulfonamides is 1. The number of nitrogens with one attached hydrogen (secondary N) is 1. The van der Waals surface area contributed by atoms with Gasteiger partial charge in [-0.15, -0.1) is 0 Å². The summed E-state index contributed by atoms with van der Waals surface area (Å²) in [5.41, 5.74) is 2.10. The third-order valence-electron chi connectivity index (χ3n) is 5.85. The van der Waals surface area contributed by atoms with Gasteiger partial charge in [-0.2, -0.15) is 4.31 Å². The first-order valence-corrected chi connectivity index (χ1v) is 11.8. The number of amides is 1. The largest absolute Gasteiger partial charge is 0.378 e. The maximum Gasteiger partial charge on any atom is 0.233 e. The quantitative estimate of drug-likeness (QED) is 0.650. The van der Waals surface area contributed by atoms with Crippen LogP contribution in [-0.4, -0.2) is 48.6 Å². The molecule has 160 valence electrons. The van der Waals surface area contributed by atoms with Crippen LogP contribution in [0.15, 0.2) is 54.9 Å². The Balaban J connectivity index is 1.50. The molecule has 2 aliphatic heterocycles. The summed E-state index contributed by atoms with van der Waals surface area (Å²) in [7, 11) is -3.57. The van der Waals surface area contributed by atoms with Gasteiger partial charge in [-0.05, 0) is 23.3 Å². The van der Waals surface area contributed by atoms with Crippen molar-refractivity contribution in [1.82, 2.24) is 9.29 Å². The van der Waals surface area contributed by atoms with Gasteiger partial charge >= 0.3 is 0 Å². The average Bonchev–Trinajstić information content (AvgIpc) is 2.71. The number of halogens is 1. The molecule has 0 radical (unpaired) electrons. The fourth-order valence-electron chi connectivity index (χ4n) is 4.04. The van der Waals surface area contributed by atoms with Crippen molar-refractivity contribution < 1.29 is 17.9 Å². The molecule has 1 saturated heterocycles. The third kappa shape index (κ3) is 3.70. The highest BCUT2D eigenvalue weighted by atomic mass is 35.5. The number of hydrogen-bond donors (Lipinski definition) is 1. The molecule has 0 spiro atoms. The van der Waals surface area contributed by atoms with Gasteiger partial charge in [0.15, 0.2) is 0 Å². The van der Waals surface area contributed by atoms with Gasteiger partial charge in [-0.25, -0.2) is 8.42 Å². The van der Waals surface area contributed by atoms with E-state index >= 15 is 0 Å². The number of aromatic nitrogens is 1. The van der Waals surface area contributed by atoms with Crippen molar-refractivity contribution in [1.29, 1.82) is 0 Å². The van der Waals surface area contributed by atoms with Crippen molar-refractivity contribution in [2.24, 2.45) is 0 Å².